The van der Waals surface area contributed by atoms with Crippen LogP contribution in [0.5, 0.6) is 0 Å². The van der Waals surface area contributed by atoms with Crippen LogP contribution in [0.1, 0.15) is 27.2 Å². The molecule has 0 spiro atoms. The Bertz CT molecular complexity index is 961. The summed E-state index contributed by atoms with van der Waals surface area (Å²) in [5.41, 5.74) is 4.75. The van der Waals surface area contributed by atoms with Gasteiger partial charge in [0.1, 0.15) is 13.1 Å². The third-order valence-electron chi connectivity index (χ3n) is 4.36. The second-order valence-corrected chi connectivity index (χ2v) is 6.94. The lowest BCUT2D eigenvalue weighted by Crippen LogP contribution is -3.08. The van der Waals surface area contributed by atoms with Gasteiger partial charge >= 0.3 is 0 Å². The molecule has 3 aromatic rings. The van der Waals surface area contributed by atoms with E-state index in [2.05, 4.69) is 24.6 Å². The second-order valence-electron chi connectivity index (χ2n) is 6.16. The molecular weight excluding hydrogens is 320 g/mol. The molecule has 4 rings (SSSR count). The van der Waals surface area contributed by atoms with Gasteiger partial charge < -0.3 is 14.8 Å². The van der Waals surface area contributed by atoms with Gasteiger partial charge in [-0.15, -0.1) is 0 Å². The van der Waals surface area contributed by atoms with Crippen LogP contribution in [0.25, 0.3) is 22.6 Å². The number of nitrogens with zero attached hydrogens (tertiary/aromatic N) is 1. The third-order valence-corrected chi connectivity index (χ3v) is 5.06. The van der Waals surface area contributed by atoms with E-state index in [0.29, 0.717) is 17.4 Å². The van der Waals surface area contributed by atoms with Gasteiger partial charge in [-0.2, -0.15) is 11.3 Å². The smallest absolute Gasteiger partial charge is 0.106 e. The number of likely N-dealkylation sites (N-methyl/N-ethyl adjacent to an activating group) is 1. The van der Waals surface area contributed by atoms with Crippen LogP contribution < -0.4 is 10.0 Å². The number of rotatable bonds is 2. The Morgan fingerprint density at radius 2 is 2.12 bits per heavy atom. The molecule has 0 radical (unpaired) electrons. The summed E-state index contributed by atoms with van der Waals surface area (Å²) in [4.78, 5) is 17.9. The largest absolute Gasteiger partial charge is 0.545 e. The summed E-state index contributed by atoms with van der Waals surface area (Å²) in [6.45, 7) is 1.46. The summed E-state index contributed by atoms with van der Waals surface area (Å²) < 4.78 is 0. The molecule has 1 aromatic carbocycles. The van der Waals surface area contributed by atoms with Crippen LogP contribution in [0.15, 0.2) is 41.1 Å². The van der Waals surface area contributed by atoms with E-state index < -0.39 is 5.97 Å². The van der Waals surface area contributed by atoms with Crippen molar-refractivity contribution in [2.75, 3.05) is 13.6 Å². The number of carbonyl (C=O) groups excluding carboxylic acids is 1. The number of hydrogen-bond acceptors (Lipinski definition) is 4. The number of thiophene rings is 1. The summed E-state index contributed by atoms with van der Waals surface area (Å²) in [5.74, 6) is -1.13. The highest BCUT2D eigenvalue weighted by atomic mass is 32.1. The summed E-state index contributed by atoms with van der Waals surface area (Å²) in [6.07, 6.45) is 2.11. The number of para-hydroxylation sites is 1. The Morgan fingerprint density at radius 1 is 1.29 bits per heavy atom. The van der Waals surface area contributed by atoms with Gasteiger partial charge in [0.15, 0.2) is 0 Å². The van der Waals surface area contributed by atoms with Crippen LogP contribution in [0.4, 0.5) is 0 Å². The molecule has 2 aromatic heterocycles. The summed E-state index contributed by atoms with van der Waals surface area (Å²) in [6, 6.07) is 9.44. The van der Waals surface area contributed by atoms with Crippen molar-refractivity contribution in [1.29, 1.82) is 0 Å². The van der Waals surface area contributed by atoms with Crippen molar-refractivity contribution < 1.29 is 14.8 Å². The van der Waals surface area contributed by atoms with Crippen molar-refractivity contribution in [3.05, 3.63) is 63.5 Å². The first kappa shape index (κ1) is 15.1. The lowest BCUT2D eigenvalue weighted by Gasteiger charge is -2.27. The van der Waals surface area contributed by atoms with Crippen LogP contribution in [0.3, 0.4) is 0 Å². The van der Waals surface area contributed by atoms with Crippen LogP contribution in [0.2, 0.25) is 0 Å². The zero-order chi connectivity index (χ0) is 16.7. The Labute approximate surface area is 143 Å². The van der Waals surface area contributed by atoms with Crippen LogP contribution in [0, 0.1) is 0 Å². The molecule has 1 atom stereocenters. The summed E-state index contributed by atoms with van der Waals surface area (Å²) >= 11 is 1.64. The minimum atomic E-state index is -1.13. The standard InChI is InChI=1S/C19H16N2O2S/c1-21-9-13(8-12-6-7-24-11-12)18-15(10-21)17(19(22)23)14-4-2-3-5-16(14)20-18/h2-8,11H,9-10H2,1H3,(H,22,23)/b13-8-. The Morgan fingerprint density at radius 3 is 2.88 bits per heavy atom. The molecule has 0 fully saturated rings. The first-order valence-electron chi connectivity index (χ1n) is 7.81. The molecule has 0 saturated heterocycles. The monoisotopic (exact) mass is 336 g/mol. The number of nitrogens with one attached hydrogen (secondary N) is 1. The molecule has 1 unspecified atom stereocenters. The van der Waals surface area contributed by atoms with E-state index >= 15 is 0 Å². The van der Waals surface area contributed by atoms with Crippen LogP contribution in [-0.2, 0) is 6.54 Å². The molecule has 24 heavy (non-hydrogen) atoms. The van der Waals surface area contributed by atoms with Crippen molar-refractivity contribution in [2.24, 2.45) is 0 Å². The van der Waals surface area contributed by atoms with Gasteiger partial charge in [0.25, 0.3) is 0 Å². The Hall–Kier alpha value is -2.50. The number of hydrogen-bond donors (Lipinski definition) is 1. The number of carboxylic acids is 1. The third kappa shape index (κ3) is 2.52. The maximum Gasteiger partial charge on any atom is 0.106 e. The van der Waals surface area contributed by atoms with Crippen molar-refractivity contribution in [2.45, 2.75) is 6.54 Å². The Kier molecular flexibility index (Phi) is 3.67. The van der Waals surface area contributed by atoms with Gasteiger partial charge in [-0.1, -0.05) is 18.2 Å². The average Bonchev–Trinajstić information content (AvgIpc) is 3.05. The predicted octanol–water partition coefficient (Wildman–Crippen LogP) is 1.23. The number of carboxylic acid groups (broad SMARTS) is 1. The molecule has 1 aliphatic heterocycles. The molecule has 120 valence electrons. The maximum absolute atomic E-state index is 11.9. The van der Waals surface area contributed by atoms with Crippen LogP contribution >= 0.6 is 11.3 Å². The second kappa shape index (κ2) is 5.85. The number of carbonyl (C=O) groups is 1. The zero-order valence-corrected chi connectivity index (χ0v) is 14.0. The highest BCUT2D eigenvalue weighted by molar-refractivity contribution is 7.08. The lowest BCUT2D eigenvalue weighted by atomic mass is 9.92. The molecular formula is C19H16N2O2S. The number of benzene rings is 1. The number of pyridine rings is 1. The van der Waals surface area contributed by atoms with E-state index in [9.17, 15) is 9.90 Å². The number of fused-ring (bicyclic) bond motifs is 2. The van der Waals surface area contributed by atoms with E-state index in [1.54, 1.807) is 17.4 Å². The highest BCUT2D eigenvalue weighted by Gasteiger charge is 2.27. The highest BCUT2D eigenvalue weighted by Crippen LogP contribution is 2.29. The molecule has 0 aliphatic carbocycles. The van der Waals surface area contributed by atoms with Crippen molar-refractivity contribution in [3.8, 4) is 0 Å². The fourth-order valence-electron chi connectivity index (χ4n) is 3.37. The first-order chi connectivity index (χ1) is 11.6. The van der Waals surface area contributed by atoms with Crippen molar-refractivity contribution in [3.63, 3.8) is 0 Å². The van der Waals surface area contributed by atoms with Crippen molar-refractivity contribution in [1.82, 2.24) is 4.98 Å². The minimum absolute atomic E-state index is 0.283. The molecule has 0 amide bonds. The number of quaternary nitrogens is 1. The molecule has 5 heteroatoms. The van der Waals surface area contributed by atoms with Gasteiger partial charge in [0, 0.05) is 22.1 Å². The van der Waals surface area contributed by atoms with Gasteiger partial charge in [-0.3, -0.25) is 0 Å². The first-order valence-corrected chi connectivity index (χ1v) is 8.75. The summed E-state index contributed by atoms with van der Waals surface area (Å²) in [5, 5.41) is 16.6. The predicted molar refractivity (Wildman–Crippen MR) is 93.7 cm³/mol. The molecule has 0 bridgehead atoms. The lowest BCUT2D eigenvalue weighted by molar-refractivity contribution is -0.887. The molecule has 1 aliphatic rings. The number of aromatic carboxylic acids is 1. The maximum atomic E-state index is 11.9. The SMILES string of the molecule is C[NH+]1C/C(=C/c2ccsc2)c2nc3ccccc3c(C(=O)[O-])c2C1. The minimum Gasteiger partial charge on any atom is -0.545 e. The molecule has 1 N–H and O–H groups in total. The normalized spacial score (nSPS) is 18.7. The molecule has 3 heterocycles. The fraction of sp³-hybridized carbons (Fsp3) is 0.158. The van der Waals surface area contributed by atoms with E-state index in [0.717, 1.165) is 28.9 Å². The molecule has 0 saturated carbocycles. The van der Waals surface area contributed by atoms with Crippen LogP contribution in [-0.4, -0.2) is 24.5 Å². The van der Waals surface area contributed by atoms with E-state index in [1.807, 2.05) is 23.6 Å². The fourth-order valence-corrected chi connectivity index (χ4v) is 3.99. The van der Waals surface area contributed by atoms with Gasteiger partial charge in [-0.25, -0.2) is 4.98 Å². The van der Waals surface area contributed by atoms with E-state index in [-0.39, 0.29) is 5.56 Å². The van der Waals surface area contributed by atoms with Gasteiger partial charge in [0.05, 0.1) is 24.2 Å². The molecule has 4 nitrogen and oxygen atoms in total. The van der Waals surface area contributed by atoms with E-state index in [1.165, 1.54) is 4.90 Å². The van der Waals surface area contributed by atoms with Crippen molar-refractivity contribution >= 4 is 39.9 Å². The Balaban J connectivity index is 2.02. The quantitative estimate of drug-likeness (QED) is 0.766. The number of aromatic nitrogens is 1. The van der Waals surface area contributed by atoms with Gasteiger partial charge in [0.2, 0.25) is 0 Å². The summed E-state index contributed by atoms with van der Waals surface area (Å²) in [7, 11) is 2.07. The zero-order valence-electron chi connectivity index (χ0n) is 13.2. The van der Waals surface area contributed by atoms with Gasteiger partial charge in [-0.05, 0) is 34.5 Å². The topological polar surface area (TPSA) is 57.5 Å². The average molecular weight is 336 g/mol. The van der Waals surface area contributed by atoms with E-state index in [4.69, 9.17) is 4.98 Å².